The van der Waals surface area contributed by atoms with Crippen molar-refractivity contribution in [1.82, 2.24) is 0 Å². The lowest BCUT2D eigenvalue weighted by atomic mass is 10.3. The molecule has 0 spiro atoms. The molecule has 1 aromatic carbocycles. The lowest BCUT2D eigenvalue weighted by Crippen LogP contribution is -2.15. The zero-order chi connectivity index (χ0) is 10.9. The van der Waals surface area contributed by atoms with Gasteiger partial charge in [0.1, 0.15) is 18.4 Å². The summed E-state index contributed by atoms with van der Waals surface area (Å²) in [5, 5.41) is -0.438. The second-order valence-corrected chi connectivity index (χ2v) is 5.60. The number of fused-ring (bicyclic) bond motifs is 1. The van der Waals surface area contributed by atoms with E-state index in [1.807, 2.05) is 0 Å². The quantitative estimate of drug-likeness (QED) is 0.743. The largest absolute Gasteiger partial charge is 0.486 e. The molecule has 0 amide bonds. The van der Waals surface area contributed by atoms with Gasteiger partial charge in [0.25, 0.3) is 0 Å². The van der Waals surface area contributed by atoms with Crippen molar-refractivity contribution in [3.63, 3.8) is 0 Å². The summed E-state index contributed by atoms with van der Waals surface area (Å²) in [6.07, 6.45) is 0. The summed E-state index contributed by atoms with van der Waals surface area (Å²) in [7, 11) is -3.40. The summed E-state index contributed by atoms with van der Waals surface area (Å²) in [4.78, 5) is 0.154. The van der Waals surface area contributed by atoms with Crippen molar-refractivity contribution in [2.45, 2.75) is 4.90 Å². The second-order valence-electron chi connectivity index (χ2n) is 3.03. The second kappa shape index (κ2) is 3.90. The summed E-state index contributed by atoms with van der Waals surface area (Å²) in [5.74, 6) is 1.02. The normalized spacial score (nSPS) is 15.0. The number of ether oxygens (including phenoxy) is 2. The van der Waals surface area contributed by atoms with E-state index in [1.54, 1.807) is 6.07 Å². The minimum absolute atomic E-state index is 0.154. The highest BCUT2D eigenvalue weighted by Gasteiger charge is 2.18. The van der Waals surface area contributed by atoms with E-state index in [2.05, 4.69) is 0 Å². The summed E-state index contributed by atoms with van der Waals surface area (Å²) < 4.78 is 33.5. The highest BCUT2D eigenvalue weighted by atomic mass is 35.5. The fourth-order valence-electron chi connectivity index (χ4n) is 1.28. The molecule has 1 aliphatic rings. The van der Waals surface area contributed by atoms with E-state index in [0.717, 1.165) is 0 Å². The van der Waals surface area contributed by atoms with Crippen molar-refractivity contribution < 1.29 is 17.9 Å². The van der Waals surface area contributed by atoms with Crippen LogP contribution in [0.5, 0.6) is 11.5 Å². The SMILES string of the molecule is O=S(=O)(CCl)c1ccc2c(c1)OCCO2. The summed E-state index contributed by atoms with van der Waals surface area (Å²) in [6.45, 7) is 0.909. The molecule has 0 saturated carbocycles. The fraction of sp³-hybridized carbons (Fsp3) is 0.333. The zero-order valence-corrected chi connectivity index (χ0v) is 9.35. The molecule has 0 fully saturated rings. The van der Waals surface area contributed by atoms with Gasteiger partial charge in [0.15, 0.2) is 21.3 Å². The van der Waals surface area contributed by atoms with Crippen LogP contribution in [0, 0.1) is 0 Å². The average Bonchev–Trinajstić information content (AvgIpc) is 2.28. The standard InChI is InChI=1S/C9H9ClO4S/c10-6-15(11,12)7-1-2-8-9(5-7)14-4-3-13-8/h1-2,5H,3-4,6H2. The molecule has 0 bridgehead atoms. The number of rotatable bonds is 2. The third-order valence-electron chi connectivity index (χ3n) is 2.02. The Kier molecular flexibility index (Phi) is 2.75. The highest BCUT2D eigenvalue weighted by Crippen LogP contribution is 2.32. The summed E-state index contributed by atoms with van der Waals surface area (Å²) in [6, 6.07) is 4.48. The molecule has 0 saturated heterocycles. The van der Waals surface area contributed by atoms with E-state index in [1.165, 1.54) is 12.1 Å². The maximum absolute atomic E-state index is 11.5. The molecule has 0 radical (unpaired) electrons. The van der Waals surface area contributed by atoms with Crippen molar-refractivity contribution >= 4 is 21.4 Å². The summed E-state index contributed by atoms with van der Waals surface area (Å²) in [5.41, 5.74) is 0. The first-order valence-electron chi connectivity index (χ1n) is 4.32. The van der Waals surface area contributed by atoms with Crippen LogP contribution in [0.1, 0.15) is 0 Å². The molecule has 0 N–H and O–H groups in total. The number of hydrogen-bond donors (Lipinski definition) is 0. The van der Waals surface area contributed by atoms with Crippen LogP contribution < -0.4 is 9.47 Å². The lowest BCUT2D eigenvalue weighted by molar-refractivity contribution is 0.171. The first-order chi connectivity index (χ1) is 7.13. The molecule has 0 aliphatic carbocycles. The summed E-state index contributed by atoms with van der Waals surface area (Å²) >= 11 is 5.35. The Labute approximate surface area is 92.7 Å². The number of benzene rings is 1. The Hall–Kier alpha value is -0.940. The van der Waals surface area contributed by atoms with Gasteiger partial charge in [-0.05, 0) is 12.1 Å². The minimum Gasteiger partial charge on any atom is -0.486 e. The van der Waals surface area contributed by atoms with Crippen molar-refractivity contribution in [2.75, 3.05) is 18.4 Å². The van der Waals surface area contributed by atoms with Crippen molar-refractivity contribution in [1.29, 1.82) is 0 Å². The zero-order valence-electron chi connectivity index (χ0n) is 7.77. The maximum Gasteiger partial charge on any atom is 0.192 e. The molecule has 2 rings (SSSR count). The van der Waals surface area contributed by atoms with Gasteiger partial charge in [-0.25, -0.2) is 8.42 Å². The molecule has 6 heteroatoms. The van der Waals surface area contributed by atoms with Gasteiger partial charge >= 0.3 is 0 Å². The van der Waals surface area contributed by atoms with Crippen molar-refractivity contribution in [2.24, 2.45) is 0 Å². The van der Waals surface area contributed by atoms with Gasteiger partial charge in [0.05, 0.1) is 4.90 Å². The molecule has 0 unspecified atom stereocenters. The number of halogens is 1. The predicted octanol–water partition coefficient (Wildman–Crippen LogP) is 1.43. The molecule has 4 nitrogen and oxygen atoms in total. The van der Waals surface area contributed by atoms with Crippen LogP contribution in [0.25, 0.3) is 0 Å². The van der Waals surface area contributed by atoms with Crippen molar-refractivity contribution in [3.8, 4) is 11.5 Å². The maximum atomic E-state index is 11.5. The number of sulfone groups is 1. The molecule has 1 aromatic rings. The Balaban J connectivity index is 2.45. The number of alkyl halides is 1. The minimum atomic E-state index is -3.40. The molecule has 1 aliphatic heterocycles. The third kappa shape index (κ3) is 2.03. The Morgan fingerprint density at radius 1 is 1.20 bits per heavy atom. The van der Waals surface area contributed by atoms with Crippen LogP contribution in [0.3, 0.4) is 0 Å². The molecule has 0 aromatic heterocycles. The van der Waals surface area contributed by atoms with Gasteiger partial charge in [-0.1, -0.05) is 0 Å². The first kappa shape index (κ1) is 10.6. The molecule has 1 heterocycles. The van der Waals surface area contributed by atoms with E-state index >= 15 is 0 Å². The Morgan fingerprint density at radius 3 is 2.53 bits per heavy atom. The van der Waals surface area contributed by atoms with Gasteiger partial charge in [0, 0.05) is 6.07 Å². The van der Waals surface area contributed by atoms with E-state index in [-0.39, 0.29) is 4.90 Å². The van der Waals surface area contributed by atoms with Gasteiger partial charge < -0.3 is 9.47 Å². The van der Waals surface area contributed by atoms with Crippen LogP contribution in [-0.4, -0.2) is 26.8 Å². The Morgan fingerprint density at radius 2 is 1.87 bits per heavy atom. The number of hydrogen-bond acceptors (Lipinski definition) is 4. The van der Waals surface area contributed by atoms with Crippen LogP contribution in [0.4, 0.5) is 0 Å². The first-order valence-corrected chi connectivity index (χ1v) is 6.50. The molecular formula is C9H9ClO4S. The van der Waals surface area contributed by atoms with Gasteiger partial charge in [0.2, 0.25) is 0 Å². The molecular weight excluding hydrogens is 240 g/mol. The van der Waals surface area contributed by atoms with E-state index in [0.29, 0.717) is 24.7 Å². The lowest BCUT2D eigenvalue weighted by Gasteiger charge is -2.18. The van der Waals surface area contributed by atoms with Gasteiger partial charge in [-0.2, -0.15) is 0 Å². The van der Waals surface area contributed by atoms with E-state index in [4.69, 9.17) is 21.1 Å². The highest BCUT2D eigenvalue weighted by molar-refractivity contribution is 7.92. The van der Waals surface area contributed by atoms with Crippen LogP contribution in [0.2, 0.25) is 0 Å². The molecule has 0 atom stereocenters. The monoisotopic (exact) mass is 248 g/mol. The average molecular weight is 249 g/mol. The molecule has 15 heavy (non-hydrogen) atoms. The Bertz CT molecular complexity index is 469. The topological polar surface area (TPSA) is 52.6 Å². The van der Waals surface area contributed by atoms with Gasteiger partial charge in [-0.3, -0.25) is 0 Å². The van der Waals surface area contributed by atoms with Crippen LogP contribution in [0.15, 0.2) is 23.1 Å². The fourth-order valence-corrected chi connectivity index (χ4v) is 2.35. The van der Waals surface area contributed by atoms with E-state index < -0.39 is 15.0 Å². The van der Waals surface area contributed by atoms with Crippen molar-refractivity contribution in [3.05, 3.63) is 18.2 Å². The molecule has 82 valence electrons. The van der Waals surface area contributed by atoms with E-state index in [9.17, 15) is 8.42 Å². The third-order valence-corrected chi connectivity index (χ3v) is 4.14. The van der Waals surface area contributed by atoms with Crippen LogP contribution >= 0.6 is 11.6 Å². The van der Waals surface area contributed by atoms with Gasteiger partial charge in [-0.15, -0.1) is 11.6 Å². The van der Waals surface area contributed by atoms with Crippen LogP contribution in [-0.2, 0) is 9.84 Å². The smallest absolute Gasteiger partial charge is 0.192 e. The predicted molar refractivity (Wildman–Crippen MR) is 55.3 cm³/mol.